The average Bonchev–Trinajstić information content (AvgIpc) is 2.96. The summed E-state index contributed by atoms with van der Waals surface area (Å²) in [4.78, 5) is 36.1. The van der Waals surface area contributed by atoms with Crippen LogP contribution in [0, 0.1) is 0 Å². The fraction of sp³-hybridized carbons (Fsp3) is 0.381. The number of nitrogens with one attached hydrogen (secondary N) is 1. The zero-order valence-corrected chi connectivity index (χ0v) is 16.1. The highest BCUT2D eigenvalue weighted by atomic mass is 16.4. The lowest BCUT2D eigenvalue weighted by Crippen LogP contribution is -2.36. The van der Waals surface area contributed by atoms with E-state index in [1.807, 2.05) is 43.0 Å². The Hall–Kier alpha value is -3.09. The van der Waals surface area contributed by atoms with Crippen LogP contribution in [0.2, 0.25) is 0 Å². The van der Waals surface area contributed by atoms with Gasteiger partial charge in [0.2, 0.25) is 5.56 Å². The molecule has 3 heterocycles. The fourth-order valence-electron chi connectivity index (χ4n) is 3.61. The lowest BCUT2D eigenvalue weighted by molar-refractivity contribution is 0.0764. The zero-order valence-electron chi connectivity index (χ0n) is 16.1. The first-order valence-corrected chi connectivity index (χ1v) is 9.66. The summed E-state index contributed by atoms with van der Waals surface area (Å²) >= 11 is 0. The van der Waals surface area contributed by atoms with Gasteiger partial charge in [-0.05, 0) is 30.5 Å². The molecule has 146 valence electrons. The second-order valence-corrected chi connectivity index (χ2v) is 7.40. The van der Waals surface area contributed by atoms with Crippen LogP contribution < -0.4 is 10.5 Å². The summed E-state index contributed by atoms with van der Waals surface area (Å²) in [5.41, 5.74) is 2.69. The monoisotopic (exact) mass is 380 g/mol. The van der Waals surface area contributed by atoms with E-state index in [0.717, 1.165) is 24.1 Å². The molecule has 2 aromatic heterocycles. The lowest BCUT2D eigenvalue weighted by Gasteiger charge is -2.23. The molecule has 0 radical (unpaired) electrons. The van der Waals surface area contributed by atoms with Gasteiger partial charge < -0.3 is 19.2 Å². The summed E-state index contributed by atoms with van der Waals surface area (Å²) in [5, 5.41) is 0. The van der Waals surface area contributed by atoms with Gasteiger partial charge in [-0.2, -0.15) is 4.98 Å². The SMILES string of the molecule is CC(C)c1[nH]c(=O)ccc1C(=O)N1CCCN(c2nc3ccccc3o2)CC1. The number of carbonyl (C=O) groups excluding carboxylic acids is 1. The molecule has 28 heavy (non-hydrogen) atoms. The number of rotatable bonds is 3. The Balaban J connectivity index is 1.52. The number of amides is 1. The predicted molar refractivity (Wildman–Crippen MR) is 108 cm³/mol. The summed E-state index contributed by atoms with van der Waals surface area (Å²) in [6.07, 6.45) is 0.824. The number of benzene rings is 1. The Labute approximate surface area is 163 Å². The molecular formula is C21H24N4O3. The predicted octanol–water partition coefficient (Wildman–Crippen LogP) is 2.99. The Kier molecular flexibility index (Phi) is 4.90. The van der Waals surface area contributed by atoms with Gasteiger partial charge in [0.1, 0.15) is 5.52 Å². The van der Waals surface area contributed by atoms with Gasteiger partial charge in [-0.25, -0.2) is 0 Å². The van der Waals surface area contributed by atoms with Crippen LogP contribution in [-0.4, -0.2) is 47.0 Å². The molecule has 1 aromatic carbocycles. The van der Waals surface area contributed by atoms with E-state index in [-0.39, 0.29) is 17.4 Å². The van der Waals surface area contributed by atoms with E-state index in [0.29, 0.717) is 36.9 Å². The maximum atomic E-state index is 13.1. The molecule has 4 rings (SSSR count). The van der Waals surface area contributed by atoms with Gasteiger partial charge in [-0.1, -0.05) is 26.0 Å². The lowest BCUT2D eigenvalue weighted by atomic mass is 10.0. The Bertz CT molecular complexity index is 1020. The number of para-hydroxylation sites is 2. The number of pyridine rings is 1. The minimum Gasteiger partial charge on any atom is -0.423 e. The first-order valence-electron chi connectivity index (χ1n) is 9.66. The van der Waals surface area contributed by atoms with E-state index in [2.05, 4.69) is 14.9 Å². The van der Waals surface area contributed by atoms with Crippen LogP contribution in [0.1, 0.15) is 42.2 Å². The molecule has 0 saturated carbocycles. The molecule has 1 aliphatic heterocycles. The highest BCUT2D eigenvalue weighted by Crippen LogP contribution is 2.23. The van der Waals surface area contributed by atoms with Crippen molar-refractivity contribution < 1.29 is 9.21 Å². The summed E-state index contributed by atoms with van der Waals surface area (Å²) in [5.74, 6) is 0.0236. The number of H-pyrrole nitrogens is 1. The third-order valence-electron chi connectivity index (χ3n) is 5.09. The highest BCUT2D eigenvalue weighted by molar-refractivity contribution is 5.95. The number of hydrogen-bond acceptors (Lipinski definition) is 5. The highest BCUT2D eigenvalue weighted by Gasteiger charge is 2.25. The van der Waals surface area contributed by atoms with Crippen molar-refractivity contribution in [2.45, 2.75) is 26.2 Å². The van der Waals surface area contributed by atoms with Crippen LogP contribution in [0.4, 0.5) is 6.01 Å². The van der Waals surface area contributed by atoms with E-state index in [9.17, 15) is 9.59 Å². The number of hydrogen-bond donors (Lipinski definition) is 1. The van der Waals surface area contributed by atoms with E-state index >= 15 is 0 Å². The third-order valence-corrected chi connectivity index (χ3v) is 5.09. The molecule has 3 aromatic rings. The topological polar surface area (TPSA) is 82.4 Å². The van der Waals surface area contributed by atoms with Crippen LogP contribution >= 0.6 is 0 Å². The second-order valence-electron chi connectivity index (χ2n) is 7.40. The molecule has 1 amide bonds. The van der Waals surface area contributed by atoms with Crippen molar-refractivity contribution in [3.8, 4) is 0 Å². The van der Waals surface area contributed by atoms with Crippen LogP contribution in [0.3, 0.4) is 0 Å². The van der Waals surface area contributed by atoms with Crippen molar-refractivity contribution in [2.75, 3.05) is 31.1 Å². The Morgan fingerprint density at radius 3 is 2.71 bits per heavy atom. The number of nitrogens with zero attached hydrogens (tertiary/aromatic N) is 3. The number of anilines is 1. The fourth-order valence-corrected chi connectivity index (χ4v) is 3.61. The number of carbonyl (C=O) groups is 1. The molecular weight excluding hydrogens is 356 g/mol. The zero-order chi connectivity index (χ0) is 19.7. The summed E-state index contributed by atoms with van der Waals surface area (Å²) in [6.45, 7) is 6.61. The first kappa shape index (κ1) is 18.3. The van der Waals surface area contributed by atoms with Gasteiger partial charge in [-0.3, -0.25) is 9.59 Å². The van der Waals surface area contributed by atoms with Gasteiger partial charge >= 0.3 is 0 Å². The number of oxazole rings is 1. The normalized spacial score (nSPS) is 15.2. The molecule has 0 aliphatic carbocycles. The van der Waals surface area contributed by atoms with Gasteiger partial charge in [-0.15, -0.1) is 0 Å². The molecule has 1 fully saturated rings. The van der Waals surface area contributed by atoms with Crippen LogP contribution in [0.25, 0.3) is 11.1 Å². The van der Waals surface area contributed by atoms with Gasteiger partial charge in [0.15, 0.2) is 5.58 Å². The second kappa shape index (κ2) is 7.50. The van der Waals surface area contributed by atoms with Gasteiger partial charge in [0, 0.05) is 37.9 Å². The number of aromatic amines is 1. The summed E-state index contributed by atoms with van der Waals surface area (Å²) in [6, 6.07) is 11.4. The van der Waals surface area contributed by atoms with Crippen LogP contribution in [0.5, 0.6) is 0 Å². The van der Waals surface area contributed by atoms with Crippen LogP contribution in [-0.2, 0) is 0 Å². The van der Waals surface area contributed by atoms with Crippen molar-refractivity contribution in [1.29, 1.82) is 0 Å². The van der Waals surface area contributed by atoms with Crippen molar-refractivity contribution in [3.63, 3.8) is 0 Å². The molecule has 1 N–H and O–H groups in total. The molecule has 0 unspecified atom stereocenters. The van der Waals surface area contributed by atoms with Crippen molar-refractivity contribution >= 4 is 23.0 Å². The van der Waals surface area contributed by atoms with E-state index in [1.54, 1.807) is 6.07 Å². The van der Waals surface area contributed by atoms with E-state index in [1.165, 1.54) is 6.07 Å². The van der Waals surface area contributed by atoms with Crippen LogP contribution in [0.15, 0.2) is 45.6 Å². The summed E-state index contributed by atoms with van der Waals surface area (Å²) in [7, 11) is 0. The minimum atomic E-state index is -0.182. The number of aromatic nitrogens is 2. The van der Waals surface area contributed by atoms with E-state index < -0.39 is 0 Å². The Morgan fingerprint density at radius 2 is 1.93 bits per heavy atom. The first-order chi connectivity index (χ1) is 13.5. The smallest absolute Gasteiger partial charge is 0.298 e. The van der Waals surface area contributed by atoms with Gasteiger partial charge in [0.05, 0.1) is 5.56 Å². The number of fused-ring (bicyclic) bond motifs is 1. The molecule has 7 heteroatoms. The maximum Gasteiger partial charge on any atom is 0.298 e. The quantitative estimate of drug-likeness (QED) is 0.755. The standard InChI is InChI=1S/C21H24N4O3/c1-14(2)19-15(8-9-18(26)23-19)20(27)24-10-5-11-25(13-12-24)21-22-16-6-3-4-7-17(16)28-21/h3-4,6-9,14H,5,10-13H2,1-2H3,(H,23,26). The largest absolute Gasteiger partial charge is 0.423 e. The summed E-state index contributed by atoms with van der Waals surface area (Å²) < 4.78 is 5.88. The average molecular weight is 380 g/mol. The molecule has 1 saturated heterocycles. The van der Waals surface area contributed by atoms with Crippen molar-refractivity contribution in [3.05, 3.63) is 58.0 Å². The Morgan fingerprint density at radius 1 is 1.11 bits per heavy atom. The molecule has 0 atom stereocenters. The van der Waals surface area contributed by atoms with Crippen molar-refractivity contribution in [2.24, 2.45) is 0 Å². The van der Waals surface area contributed by atoms with Gasteiger partial charge in [0.25, 0.3) is 11.9 Å². The minimum absolute atomic E-state index is 0.0423. The van der Waals surface area contributed by atoms with E-state index in [4.69, 9.17) is 4.42 Å². The molecule has 0 bridgehead atoms. The maximum absolute atomic E-state index is 13.1. The van der Waals surface area contributed by atoms with Crippen molar-refractivity contribution in [1.82, 2.24) is 14.9 Å². The third kappa shape index (κ3) is 3.52. The molecule has 7 nitrogen and oxygen atoms in total. The molecule has 0 spiro atoms. The molecule has 1 aliphatic rings.